The van der Waals surface area contributed by atoms with E-state index in [0.29, 0.717) is 6.42 Å². The van der Waals surface area contributed by atoms with Crippen LogP contribution in [0.1, 0.15) is 40.0 Å². The minimum Gasteiger partial charge on any atom is -0.453 e. The number of esters is 1. The highest BCUT2D eigenvalue weighted by Gasteiger charge is 2.79. The van der Waals surface area contributed by atoms with Gasteiger partial charge in [-0.2, -0.15) is 0 Å². The molecule has 2 aliphatic heterocycles. The highest BCUT2D eigenvalue weighted by Crippen LogP contribution is 2.52. The van der Waals surface area contributed by atoms with E-state index in [1.54, 1.807) is 6.92 Å². The van der Waals surface area contributed by atoms with Crippen LogP contribution in [-0.4, -0.2) is 45.9 Å². The van der Waals surface area contributed by atoms with Crippen LogP contribution in [0.5, 0.6) is 0 Å². The van der Waals surface area contributed by atoms with Gasteiger partial charge in [-0.15, -0.1) is 0 Å². The normalized spacial score (nSPS) is 36.5. The van der Waals surface area contributed by atoms with Gasteiger partial charge in [0.2, 0.25) is 11.4 Å². The first-order chi connectivity index (χ1) is 10.4. The van der Waals surface area contributed by atoms with Crippen molar-refractivity contribution in [3.8, 4) is 0 Å². The number of rotatable bonds is 7. The number of aliphatic hydroxyl groups excluding tert-OH is 2. The van der Waals surface area contributed by atoms with Crippen molar-refractivity contribution in [1.82, 2.24) is 5.32 Å². The Morgan fingerprint density at radius 2 is 2.09 bits per heavy atom. The average molecular weight is 311 g/mol. The van der Waals surface area contributed by atoms with E-state index < -0.39 is 29.1 Å². The Labute approximate surface area is 130 Å². The smallest absolute Gasteiger partial charge is 0.339 e. The van der Waals surface area contributed by atoms with E-state index in [0.717, 1.165) is 6.42 Å². The summed E-state index contributed by atoms with van der Waals surface area (Å²) >= 11 is 0. The molecule has 1 amide bonds. The molecule has 6 nitrogen and oxygen atoms in total. The van der Waals surface area contributed by atoms with Crippen LogP contribution >= 0.6 is 0 Å². The number of hydrogen-bond donors (Lipinski definition) is 3. The van der Waals surface area contributed by atoms with Gasteiger partial charge in [0.15, 0.2) is 5.60 Å². The quantitative estimate of drug-likeness (QED) is 0.471. The molecular formula is C16H25NO5. The summed E-state index contributed by atoms with van der Waals surface area (Å²) in [5.41, 5.74) is -2.53. The Morgan fingerprint density at radius 1 is 1.41 bits per heavy atom. The topological polar surface area (TPSA) is 95.9 Å². The molecule has 2 rings (SSSR count). The average Bonchev–Trinajstić information content (AvgIpc) is 2.66. The molecule has 0 bridgehead atoms. The SMILES string of the molecule is CC/C=C\[C@H](CC)[C@H](O)[C@@]12NC(=O)[C@H](CCO)[C@]1(C)OC2=O. The molecule has 0 unspecified atom stereocenters. The Balaban J connectivity index is 2.36. The van der Waals surface area contributed by atoms with E-state index in [2.05, 4.69) is 5.32 Å². The summed E-state index contributed by atoms with van der Waals surface area (Å²) in [6, 6.07) is 0. The standard InChI is InChI=1S/C16H25NO5/c1-4-6-7-10(5-2)12(19)16-14(21)22-15(16,3)11(8-9-18)13(20)17-16/h6-7,10-12,18-19H,4-5,8-9H2,1-3H3,(H,17,20)/b7-6-/t10-,11-,12-,15-,16-/m0/s1. The van der Waals surface area contributed by atoms with Gasteiger partial charge >= 0.3 is 5.97 Å². The lowest BCUT2D eigenvalue weighted by Gasteiger charge is -2.54. The van der Waals surface area contributed by atoms with Crippen molar-refractivity contribution >= 4 is 11.9 Å². The van der Waals surface area contributed by atoms with Crippen LogP contribution in [0, 0.1) is 11.8 Å². The van der Waals surface area contributed by atoms with Crippen LogP contribution in [0.4, 0.5) is 0 Å². The van der Waals surface area contributed by atoms with Gasteiger partial charge in [-0.1, -0.05) is 26.0 Å². The first kappa shape index (κ1) is 17.0. The molecule has 0 aromatic rings. The van der Waals surface area contributed by atoms with Gasteiger partial charge in [0.25, 0.3) is 0 Å². The summed E-state index contributed by atoms with van der Waals surface area (Å²) in [4.78, 5) is 24.4. The Hall–Kier alpha value is -1.40. The number of fused-ring (bicyclic) bond motifs is 1. The second-order valence-electron chi connectivity index (χ2n) is 6.21. The molecule has 0 aliphatic carbocycles. The fraction of sp³-hybridized carbons (Fsp3) is 0.750. The van der Waals surface area contributed by atoms with Crippen molar-refractivity contribution in [3.63, 3.8) is 0 Å². The molecule has 5 atom stereocenters. The van der Waals surface area contributed by atoms with E-state index in [4.69, 9.17) is 9.84 Å². The number of allylic oxidation sites excluding steroid dienone is 1. The first-order valence-corrected chi connectivity index (χ1v) is 7.90. The van der Waals surface area contributed by atoms with Crippen molar-refractivity contribution < 1.29 is 24.5 Å². The van der Waals surface area contributed by atoms with Gasteiger partial charge in [-0.25, -0.2) is 4.79 Å². The van der Waals surface area contributed by atoms with E-state index >= 15 is 0 Å². The molecule has 0 radical (unpaired) electrons. The number of carbonyl (C=O) groups excluding carboxylic acids is 2. The van der Waals surface area contributed by atoms with Crippen LogP contribution < -0.4 is 5.32 Å². The number of amides is 1. The minimum atomic E-state index is -1.41. The van der Waals surface area contributed by atoms with E-state index in [9.17, 15) is 14.7 Å². The van der Waals surface area contributed by atoms with Gasteiger partial charge in [0, 0.05) is 12.5 Å². The monoisotopic (exact) mass is 311 g/mol. The third-order valence-electron chi connectivity index (χ3n) is 5.07. The van der Waals surface area contributed by atoms with Crippen LogP contribution in [-0.2, 0) is 14.3 Å². The lowest BCUT2D eigenvalue weighted by Crippen LogP contribution is -2.80. The molecule has 2 aliphatic rings. The molecule has 0 aromatic heterocycles. The molecule has 6 heteroatoms. The number of nitrogens with one attached hydrogen (secondary N) is 1. The summed E-state index contributed by atoms with van der Waals surface area (Å²) in [6.45, 7) is 5.40. The summed E-state index contributed by atoms with van der Waals surface area (Å²) in [6.07, 6.45) is 4.44. The minimum absolute atomic E-state index is 0.176. The zero-order chi connectivity index (χ0) is 16.5. The zero-order valence-electron chi connectivity index (χ0n) is 13.3. The fourth-order valence-electron chi connectivity index (χ4n) is 3.68. The van der Waals surface area contributed by atoms with E-state index in [1.165, 1.54) is 0 Å². The largest absolute Gasteiger partial charge is 0.453 e. The molecule has 3 N–H and O–H groups in total. The van der Waals surface area contributed by atoms with Crippen molar-refractivity contribution in [2.24, 2.45) is 11.8 Å². The molecular weight excluding hydrogens is 286 g/mol. The van der Waals surface area contributed by atoms with Crippen LogP contribution in [0.3, 0.4) is 0 Å². The van der Waals surface area contributed by atoms with Crippen molar-refractivity contribution in [3.05, 3.63) is 12.2 Å². The third-order valence-corrected chi connectivity index (χ3v) is 5.07. The number of ether oxygens (including phenoxy) is 1. The Morgan fingerprint density at radius 3 is 2.59 bits per heavy atom. The van der Waals surface area contributed by atoms with Crippen molar-refractivity contribution in [2.75, 3.05) is 6.61 Å². The van der Waals surface area contributed by atoms with Crippen LogP contribution in [0.25, 0.3) is 0 Å². The third kappa shape index (κ3) is 2.08. The van der Waals surface area contributed by atoms with Crippen LogP contribution in [0.2, 0.25) is 0 Å². The summed E-state index contributed by atoms with van der Waals surface area (Å²) in [5, 5.41) is 22.7. The lowest BCUT2D eigenvalue weighted by atomic mass is 9.65. The second-order valence-corrected chi connectivity index (χ2v) is 6.21. The molecule has 2 fully saturated rings. The van der Waals surface area contributed by atoms with Crippen molar-refractivity contribution in [2.45, 2.75) is 57.3 Å². The Bertz CT molecular complexity index is 491. The predicted octanol–water partition coefficient (Wildman–Crippen LogP) is 0.522. The molecule has 0 aromatic carbocycles. The Kier molecular flexibility index (Phi) is 4.63. The summed E-state index contributed by atoms with van der Waals surface area (Å²) in [5.74, 6) is -1.84. The molecule has 0 saturated carbocycles. The zero-order valence-corrected chi connectivity index (χ0v) is 13.3. The van der Waals surface area contributed by atoms with E-state index in [-0.39, 0.29) is 24.9 Å². The molecule has 2 heterocycles. The summed E-state index contributed by atoms with van der Waals surface area (Å²) in [7, 11) is 0. The molecule has 124 valence electrons. The fourth-order valence-corrected chi connectivity index (χ4v) is 3.68. The van der Waals surface area contributed by atoms with E-state index in [1.807, 2.05) is 26.0 Å². The lowest BCUT2D eigenvalue weighted by molar-refractivity contribution is -0.238. The summed E-state index contributed by atoms with van der Waals surface area (Å²) < 4.78 is 5.29. The number of aliphatic hydroxyl groups is 2. The molecule has 0 spiro atoms. The second kappa shape index (κ2) is 6.01. The predicted molar refractivity (Wildman–Crippen MR) is 79.8 cm³/mol. The highest BCUT2D eigenvalue weighted by molar-refractivity contribution is 6.01. The van der Waals surface area contributed by atoms with Gasteiger partial charge < -0.3 is 20.3 Å². The number of carbonyl (C=O) groups is 2. The maximum Gasteiger partial charge on any atom is 0.339 e. The molecule has 22 heavy (non-hydrogen) atoms. The highest BCUT2D eigenvalue weighted by atomic mass is 16.6. The van der Waals surface area contributed by atoms with Gasteiger partial charge in [-0.3, -0.25) is 4.79 Å². The van der Waals surface area contributed by atoms with Gasteiger partial charge in [0.05, 0.1) is 12.0 Å². The maximum absolute atomic E-state index is 12.2. The van der Waals surface area contributed by atoms with Gasteiger partial charge in [0.1, 0.15) is 0 Å². The maximum atomic E-state index is 12.2. The van der Waals surface area contributed by atoms with Crippen molar-refractivity contribution in [1.29, 1.82) is 0 Å². The van der Waals surface area contributed by atoms with Crippen LogP contribution in [0.15, 0.2) is 12.2 Å². The van der Waals surface area contributed by atoms with Gasteiger partial charge in [-0.05, 0) is 26.2 Å². The first-order valence-electron chi connectivity index (χ1n) is 7.90. The number of hydrogen-bond acceptors (Lipinski definition) is 5. The molecule has 2 saturated heterocycles.